The Labute approximate surface area is 91.9 Å². The molecule has 0 bridgehead atoms. The van der Waals surface area contributed by atoms with E-state index in [1.54, 1.807) is 0 Å². The lowest BCUT2D eigenvalue weighted by atomic mass is 9.81. The van der Waals surface area contributed by atoms with Gasteiger partial charge in [0.2, 0.25) is 5.54 Å². The van der Waals surface area contributed by atoms with Crippen LogP contribution in [0.4, 0.5) is 0 Å². The lowest BCUT2D eigenvalue weighted by molar-refractivity contribution is -0.155. The lowest BCUT2D eigenvalue weighted by Crippen LogP contribution is -2.47. The van der Waals surface area contributed by atoms with Crippen molar-refractivity contribution in [1.29, 1.82) is 0 Å². The van der Waals surface area contributed by atoms with E-state index in [0.717, 1.165) is 7.11 Å². The van der Waals surface area contributed by atoms with Gasteiger partial charge >= 0.3 is 11.9 Å². The number of rotatable bonds is 3. The highest BCUT2D eigenvalue weighted by molar-refractivity contribution is 5.92. The molecule has 0 radical (unpaired) electrons. The zero-order valence-corrected chi connectivity index (χ0v) is 8.88. The molecule has 0 aliphatic heterocycles. The van der Waals surface area contributed by atoms with E-state index in [1.807, 2.05) is 0 Å². The standard InChI is InChI=1S/C10H11NO5/c1-15-8(12)7-5-3-4-6-10(7,11-14)9(13)16-2/h3-7H,1-2H3. The fraction of sp³-hybridized carbons (Fsp3) is 0.400. The van der Waals surface area contributed by atoms with Gasteiger partial charge in [0.25, 0.3) is 0 Å². The van der Waals surface area contributed by atoms with Crippen LogP contribution < -0.4 is 0 Å². The van der Waals surface area contributed by atoms with Gasteiger partial charge in [-0.1, -0.05) is 18.2 Å². The van der Waals surface area contributed by atoms with Crippen molar-refractivity contribution in [2.24, 2.45) is 11.1 Å². The first kappa shape index (κ1) is 12.1. The molecule has 0 N–H and O–H groups in total. The van der Waals surface area contributed by atoms with E-state index in [2.05, 4.69) is 14.7 Å². The second-order valence-electron chi connectivity index (χ2n) is 3.15. The van der Waals surface area contributed by atoms with Crippen molar-refractivity contribution in [3.8, 4) is 0 Å². The Hall–Kier alpha value is -1.98. The molecule has 0 aromatic heterocycles. The number of methoxy groups -OCH3 is 2. The van der Waals surface area contributed by atoms with Crippen molar-refractivity contribution < 1.29 is 19.1 Å². The van der Waals surface area contributed by atoms with Crippen LogP contribution in [0.1, 0.15) is 0 Å². The van der Waals surface area contributed by atoms with Crippen LogP contribution in [-0.4, -0.2) is 31.7 Å². The van der Waals surface area contributed by atoms with Crippen molar-refractivity contribution in [3.63, 3.8) is 0 Å². The first-order chi connectivity index (χ1) is 7.62. The predicted molar refractivity (Wildman–Crippen MR) is 54.3 cm³/mol. The maximum absolute atomic E-state index is 11.5. The fourth-order valence-corrected chi connectivity index (χ4v) is 1.50. The molecule has 0 saturated carbocycles. The maximum Gasteiger partial charge on any atom is 0.342 e. The van der Waals surface area contributed by atoms with Gasteiger partial charge in [-0.25, -0.2) is 4.79 Å². The molecule has 0 saturated heterocycles. The summed E-state index contributed by atoms with van der Waals surface area (Å²) in [7, 11) is 2.29. The van der Waals surface area contributed by atoms with E-state index in [1.165, 1.54) is 31.4 Å². The molecule has 1 rings (SSSR count). The van der Waals surface area contributed by atoms with Crippen LogP contribution in [0.3, 0.4) is 0 Å². The number of ether oxygens (including phenoxy) is 2. The smallest absolute Gasteiger partial charge is 0.342 e. The molecule has 2 atom stereocenters. The van der Waals surface area contributed by atoms with Gasteiger partial charge in [-0.05, 0) is 11.3 Å². The van der Waals surface area contributed by atoms with E-state index < -0.39 is 23.4 Å². The minimum Gasteiger partial charge on any atom is -0.468 e. The van der Waals surface area contributed by atoms with E-state index >= 15 is 0 Å². The van der Waals surface area contributed by atoms with Crippen LogP contribution in [0.2, 0.25) is 0 Å². The van der Waals surface area contributed by atoms with Gasteiger partial charge in [0, 0.05) is 0 Å². The summed E-state index contributed by atoms with van der Waals surface area (Å²) in [6, 6.07) is 0. The second kappa shape index (κ2) is 4.69. The summed E-state index contributed by atoms with van der Waals surface area (Å²) >= 11 is 0. The number of hydrogen-bond acceptors (Lipinski definition) is 6. The number of carbonyl (C=O) groups excluding carboxylic acids is 2. The molecular formula is C10H11NO5. The highest BCUT2D eigenvalue weighted by Crippen LogP contribution is 2.31. The molecule has 6 nitrogen and oxygen atoms in total. The Morgan fingerprint density at radius 3 is 2.44 bits per heavy atom. The Balaban J connectivity index is 3.19. The third kappa shape index (κ3) is 1.73. The quantitative estimate of drug-likeness (QED) is 0.518. The molecule has 86 valence electrons. The van der Waals surface area contributed by atoms with Gasteiger partial charge in [0.15, 0.2) is 0 Å². The second-order valence-corrected chi connectivity index (χ2v) is 3.15. The molecule has 6 heteroatoms. The molecule has 2 unspecified atom stereocenters. The number of carbonyl (C=O) groups is 2. The third-order valence-electron chi connectivity index (χ3n) is 2.36. The van der Waals surface area contributed by atoms with Crippen LogP contribution in [0, 0.1) is 10.8 Å². The highest BCUT2D eigenvalue weighted by atomic mass is 16.5. The molecular weight excluding hydrogens is 214 g/mol. The summed E-state index contributed by atoms with van der Waals surface area (Å²) in [6.45, 7) is 0. The first-order valence-electron chi connectivity index (χ1n) is 4.49. The molecule has 0 amide bonds. The van der Waals surface area contributed by atoms with Crippen molar-refractivity contribution in [1.82, 2.24) is 0 Å². The van der Waals surface area contributed by atoms with Crippen LogP contribution in [0.25, 0.3) is 0 Å². The maximum atomic E-state index is 11.5. The summed E-state index contributed by atoms with van der Waals surface area (Å²) < 4.78 is 8.99. The van der Waals surface area contributed by atoms with Gasteiger partial charge in [-0.15, -0.1) is 4.91 Å². The topological polar surface area (TPSA) is 82.0 Å². The monoisotopic (exact) mass is 225 g/mol. The van der Waals surface area contributed by atoms with Gasteiger partial charge in [-0.2, -0.15) is 0 Å². The molecule has 0 spiro atoms. The fourth-order valence-electron chi connectivity index (χ4n) is 1.50. The summed E-state index contributed by atoms with van der Waals surface area (Å²) in [5.41, 5.74) is -1.86. The average molecular weight is 225 g/mol. The van der Waals surface area contributed by atoms with Crippen molar-refractivity contribution in [2.45, 2.75) is 5.54 Å². The predicted octanol–water partition coefficient (Wildman–Crippen LogP) is 0.580. The Morgan fingerprint density at radius 1 is 1.25 bits per heavy atom. The van der Waals surface area contributed by atoms with Crippen molar-refractivity contribution >= 4 is 11.9 Å². The molecule has 0 fully saturated rings. The number of nitrogens with zero attached hydrogens (tertiary/aromatic N) is 1. The Bertz CT molecular complexity index is 373. The van der Waals surface area contributed by atoms with E-state index in [0.29, 0.717) is 0 Å². The summed E-state index contributed by atoms with van der Waals surface area (Å²) in [4.78, 5) is 33.9. The summed E-state index contributed by atoms with van der Waals surface area (Å²) in [5.74, 6) is -2.70. The van der Waals surface area contributed by atoms with Crippen molar-refractivity contribution in [2.75, 3.05) is 14.2 Å². The van der Waals surface area contributed by atoms with E-state index in [4.69, 9.17) is 0 Å². The molecule has 1 aliphatic carbocycles. The van der Waals surface area contributed by atoms with Crippen LogP contribution >= 0.6 is 0 Å². The van der Waals surface area contributed by atoms with E-state index in [-0.39, 0.29) is 0 Å². The SMILES string of the molecule is COC(=O)C1C=CC=CC1(N=O)C(=O)OC. The molecule has 0 aromatic rings. The minimum absolute atomic E-state index is 0.717. The lowest BCUT2D eigenvalue weighted by Gasteiger charge is -2.27. The molecule has 1 aliphatic rings. The van der Waals surface area contributed by atoms with E-state index in [9.17, 15) is 14.5 Å². The average Bonchev–Trinajstić information content (AvgIpc) is 2.36. The van der Waals surface area contributed by atoms with Crippen LogP contribution in [0.15, 0.2) is 29.5 Å². The normalized spacial score (nSPS) is 27.2. The largest absolute Gasteiger partial charge is 0.468 e. The number of hydrogen-bond donors (Lipinski definition) is 0. The molecule has 16 heavy (non-hydrogen) atoms. The minimum atomic E-state index is -1.86. The van der Waals surface area contributed by atoms with Gasteiger partial charge in [-0.3, -0.25) is 4.79 Å². The van der Waals surface area contributed by atoms with Crippen LogP contribution in [0.5, 0.6) is 0 Å². The first-order valence-corrected chi connectivity index (χ1v) is 4.49. The third-order valence-corrected chi connectivity index (χ3v) is 2.36. The highest BCUT2D eigenvalue weighted by Gasteiger charge is 2.51. The Kier molecular flexibility index (Phi) is 3.55. The molecule has 0 aromatic carbocycles. The summed E-state index contributed by atoms with van der Waals surface area (Å²) in [5, 5.41) is 2.74. The number of allylic oxidation sites excluding steroid dienone is 2. The zero-order valence-electron chi connectivity index (χ0n) is 8.88. The van der Waals surface area contributed by atoms with Gasteiger partial charge in [0.05, 0.1) is 14.2 Å². The zero-order chi connectivity index (χ0) is 12.2. The van der Waals surface area contributed by atoms with Gasteiger partial charge in [0.1, 0.15) is 5.92 Å². The van der Waals surface area contributed by atoms with Crippen LogP contribution in [-0.2, 0) is 19.1 Å². The number of nitroso groups, excluding NO2 is 1. The van der Waals surface area contributed by atoms with Crippen molar-refractivity contribution in [3.05, 3.63) is 29.2 Å². The molecule has 0 heterocycles. The number of esters is 2. The summed E-state index contributed by atoms with van der Waals surface area (Å²) in [6.07, 6.45) is 5.60. The van der Waals surface area contributed by atoms with Gasteiger partial charge < -0.3 is 9.47 Å². The Morgan fingerprint density at radius 2 is 1.94 bits per heavy atom.